The van der Waals surface area contributed by atoms with Gasteiger partial charge in [-0.25, -0.2) is 0 Å². The number of allylic oxidation sites excluding steroid dienone is 2. The average molecular weight is 403 g/mol. The highest BCUT2D eigenvalue weighted by molar-refractivity contribution is 6.16. The number of fused-ring (bicyclic) bond motifs is 2. The van der Waals surface area contributed by atoms with Gasteiger partial charge in [0.05, 0.1) is 0 Å². The van der Waals surface area contributed by atoms with Crippen LogP contribution >= 0.6 is 0 Å². The van der Waals surface area contributed by atoms with E-state index in [2.05, 4.69) is 37.5 Å². The van der Waals surface area contributed by atoms with E-state index >= 15 is 0 Å². The quantitative estimate of drug-likeness (QED) is 0.664. The van der Waals surface area contributed by atoms with E-state index < -0.39 is 0 Å². The Hall–Kier alpha value is -3.14. The first-order valence-electron chi connectivity index (χ1n) is 10.7. The number of anilines is 2. The third kappa shape index (κ3) is 4.38. The molecule has 156 valence electrons. The van der Waals surface area contributed by atoms with Crippen molar-refractivity contribution in [3.05, 3.63) is 70.8 Å². The van der Waals surface area contributed by atoms with Gasteiger partial charge in [0.25, 0.3) is 0 Å². The van der Waals surface area contributed by atoms with Crippen LogP contribution in [0.3, 0.4) is 0 Å². The summed E-state index contributed by atoms with van der Waals surface area (Å²) in [5.74, 6) is -0.117. The largest absolute Gasteiger partial charge is 0.372 e. The molecule has 2 aromatic carbocycles. The Morgan fingerprint density at radius 3 is 1.37 bits per heavy atom. The predicted molar refractivity (Wildman–Crippen MR) is 127 cm³/mol. The van der Waals surface area contributed by atoms with Gasteiger partial charge in [0, 0.05) is 48.7 Å². The van der Waals surface area contributed by atoms with Crippen molar-refractivity contribution in [2.24, 2.45) is 0 Å². The number of ketones is 2. The summed E-state index contributed by atoms with van der Waals surface area (Å²) in [4.78, 5) is 30.4. The first-order chi connectivity index (χ1) is 14.5. The third-order valence-corrected chi connectivity index (χ3v) is 5.67. The van der Waals surface area contributed by atoms with Crippen molar-refractivity contribution in [2.75, 3.05) is 36.0 Å². The maximum absolute atomic E-state index is 13.7. The van der Waals surface area contributed by atoms with Gasteiger partial charge in [0.2, 0.25) is 0 Å². The lowest BCUT2D eigenvalue weighted by Gasteiger charge is -2.24. The highest BCUT2D eigenvalue weighted by Crippen LogP contribution is 2.28. The van der Waals surface area contributed by atoms with Gasteiger partial charge in [-0.1, -0.05) is 24.3 Å². The van der Waals surface area contributed by atoms with Crippen LogP contribution in [0.1, 0.15) is 54.7 Å². The van der Waals surface area contributed by atoms with Gasteiger partial charge >= 0.3 is 0 Å². The van der Waals surface area contributed by atoms with Crippen molar-refractivity contribution < 1.29 is 9.59 Å². The minimum Gasteiger partial charge on any atom is -0.372 e. The number of carbonyl (C=O) groups is 2. The van der Waals surface area contributed by atoms with E-state index in [9.17, 15) is 9.59 Å². The Labute approximate surface area is 179 Å². The number of hydrogen-bond acceptors (Lipinski definition) is 4. The number of rotatable bonds is 6. The van der Waals surface area contributed by atoms with Gasteiger partial charge in [0.15, 0.2) is 11.6 Å². The highest BCUT2D eigenvalue weighted by Gasteiger charge is 2.19. The molecule has 3 rings (SSSR count). The molecule has 0 aliphatic heterocycles. The molecule has 0 saturated heterocycles. The van der Waals surface area contributed by atoms with Gasteiger partial charge in [-0.2, -0.15) is 0 Å². The van der Waals surface area contributed by atoms with Crippen molar-refractivity contribution in [2.45, 2.75) is 27.7 Å². The van der Waals surface area contributed by atoms with Crippen molar-refractivity contribution in [1.29, 1.82) is 0 Å². The topological polar surface area (TPSA) is 40.6 Å². The Bertz CT molecular complexity index is 919. The second kappa shape index (κ2) is 9.57. The molecule has 2 aromatic rings. The molecular formula is C26H30N2O2. The molecule has 4 heteroatoms. The standard InChI is InChI=1S/C26H30N2O2/c1-5-27(6-2)21-13-9-19-11-15-23(29)16-12-20-10-14-22(28(7-3)8-4)18-25(20)26(30)24(19)17-21/h9-18H,5-8H2,1-4H3/b15-11+,16-12+. The van der Waals surface area contributed by atoms with Crippen molar-refractivity contribution in [3.63, 3.8) is 0 Å². The zero-order valence-corrected chi connectivity index (χ0v) is 18.3. The van der Waals surface area contributed by atoms with E-state index in [4.69, 9.17) is 0 Å². The maximum Gasteiger partial charge on any atom is 0.194 e. The van der Waals surface area contributed by atoms with Crippen molar-refractivity contribution in [3.8, 4) is 0 Å². The van der Waals surface area contributed by atoms with Crippen LogP contribution in [0.2, 0.25) is 0 Å². The molecular weight excluding hydrogens is 372 g/mol. The lowest BCUT2D eigenvalue weighted by Crippen LogP contribution is -2.23. The fraction of sp³-hybridized carbons (Fsp3) is 0.308. The summed E-state index contributed by atoms with van der Waals surface area (Å²) in [6.07, 6.45) is 6.53. The zero-order valence-electron chi connectivity index (χ0n) is 18.3. The molecule has 1 aliphatic carbocycles. The van der Waals surface area contributed by atoms with E-state index in [1.54, 1.807) is 12.2 Å². The molecule has 0 heterocycles. The van der Waals surface area contributed by atoms with Crippen LogP contribution in [0.4, 0.5) is 11.4 Å². The lowest BCUT2D eigenvalue weighted by atomic mass is 9.92. The fourth-order valence-electron chi connectivity index (χ4n) is 3.89. The molecule has 1 aliphatic rings. The summed E-state index contributed by atoms with van der Waals surface area (Å²) in [7, 11) is 0. The molecule has 0 amide bonds. The van der Waals surface area contributed by atoms with Crippen LogP contribution in [-0.4, -0.2) is 37.7 Å². The monoisotopic (exact) mass is 402 g/mol. The average Bonchev–Trinajstić information content (AvgIpc) is 2.77. The molecule has 0 atom stereocenters. The Kier molecular flexibility index (Phi) is 6.88. The lowest BCUT2D eigenvalue weighted by molar-refractivity contribution is -0.110. The van der Waals surface area contributed by atoms with Crippen LogP contribution < -0.4 is 9.80 Å². The minimum absolute atomic E-state index is 0.0216. The van der Waals surface area contributed by atoms with E-state index in [1.165, 1.54) is 12.2 Å². The van der Waals surface area contributed by atoms with Gasteiger partial charge in [-0.15, -0.1) is 0 Å². The van der Waals surface area contributed by atoms with Gasteiger partial charge in [-0.05, 0) is 75.2 Å². The van der Waals surface area contributed by atoms with Crippen LogP contribution in [0.5, 0.6) is 0 Å². The van der Waals surface area contributed by atoms with Crippen LogP contribution in [0, 0.1) is 0 Å². The summed E-state index contributed by atoms with van der Waals surface area (Å²) in [6.45, 7) is 11.9. The number of hydrogen-bond donors (Lipinski definition) is 0. The van der Waals surface area contributed by atoms with Crippen LogP contribution in [-0.2, 0) is 4.79 Å². The molecule has 4 nitrogen and oxygen atoms in total. The second-order valence-electron chi connectivity index (χ2n) is 7.29. The molecule has 0 spiro atoms. The van der Waals surface area contributed by atoms with E-state index in [0.717, 1.165) is 48.7 Å². The molecule has 30 heavy (non-hydrogen) atoms. The third-order valence-electron chi connectivity index (χ3n) is 5.67. The number of carbonyl (C=O) groups excluding carboxylic acids is 2. The summed E-state index contributed by atoms with van der Waals surface area (Å²) in [6, 6.07) is 11.8. The van der Waals surface area contributed by atoms with Gasteiger partial charge < -0.3 is 9.80 Å². The smallest absolute Gasteiger partial charge is 0.194 e. The molecule has 0 saturated carbocycles. The molecule has 0 unspecified atom stereocenters. The summed E-state index contributed by atoms with van der Waals surface area (Å²) in [5.41, 5.74) is 4.80. The molecule has 0 aromatic heterocycles. The Morgan fingerprint density at radius 2 is 1.00 bits per heavy atom. The SMILES string of the molecule is CCN(CC)c1ccc2c(c1)C(=O)c1cc(N(CC)CC)ccc1/C=C/C(=O)/C=C/2. The maximum atomic E-state index is 13.7. The second-order valence-corrected chi connectivity index (χ2v) is 7.29. The molecule has 0 bridgehead atoms. The van der Waals surface area contributed by atoms with E-state index in [-0.39, 0.29) is 11.6 Å². The first-order valence-corrected chi connectivity index (χ1v) is 10.7. The Morgan fingerprint density at radius 1 is 0.600 bits per heavy atom. The van der Waals surface area contributed by atoms with Gasteiger partial charge in [-0.3, -0.25) is 9.59 Å². The summed E-state index contributed by atoms with van der Waals surface area (Å²) in [5, 5.41) is 0. The molecule has 0 radical (unpaired) electrons. The fourth-order valence-corrected chi connectivity index (χ4v) is 3.89. The predicted octanol–water partition coefficient (Wildman–Crippen LogP) is 5.22. The van der Waals surface area contributed by atoms with E-state index in [1.807, 2.05) is 36.4 Å². The van der Waals surface area contributed by atoms with Crippen LogP contribution in [0.25, 0.3) is 12.2 Å². The van der Waals surface area contributed by atoms with Crippen molar-refractivity contribution >= 4 is 35.1 Å². The summed E-state index contributed by atoms with van der Waals surface area (Å²) < 4.78 is 0. The normalized spacial score (nSPS) is 15.2. The zero-order chi connectivity index (χ0) is 21.7. The number of benzene rings is 2. The Balaban J connectivity index is 2.21. The minimum atomic E-state index is -0.0955. The molecule has 0 fully saturated rings. The van der Waals surface area contributed by atoms with Crippen LogP contribution in [0.15, 0.2) is 48.6 Å². The first kappa shape index (κ1) is 21.6. The van der Waals surface area contributed by atoms with Gasteiger partial charge in [0.1, 0.15) is 0 Å². The molecule has 0 N–H and O–H groups in total. The summed E-state index contributed by atoms with van der Waals surface area (Å²) >= 11 is 0. The van der Waals surface area contributed by atoms with Crippen molar-refractivity contribution in [1.82, 2.24) is 0 Å². The highest BCUT2D eigenvalue weighted by atomic mass is 16.1. The number of nitrogens with zero attached hydrogens (tertiary/aromatic N) is 2. The van der Waals surface area contributed by atoms with E-state index in [0.29, 0.717) is 11.1 Å².